The lowest BCUT2D eigenvalue weighted by atomic mass is 10.00. The molecule has 4 heterocycles. The molecule has 1 unspecified atom stereocenters. The van der Waals surface area contributed by atoms with Gasteiger partial charge in [0.1, 0.15) is 17.6 Å². The second kappa shape index (κ2) is 13.5. The molecular weight excluding hydrogens is 675 g/mol. The highest BCUT2D eigenvalue weighted by atomic mass is 19.1. The Morgan fingerprint density at radius 2 is 1.85 bits per heavy atom. The van der Waals surface area contributed by atoms with Gasteiger partial charge < -0.3 is 28.8 Å². The van der Waals surface area contributed by atoms with Gasteiger partial charge in [-0.25, -0.2) is 11.0 Å². The number of rotatable bonds is 11. The van der Waals surface area contributed by atoms with Gasteiger partial charge in [0.05, 0.1) is 17.5 Å². The smallest absolute Gasteiger partial charge is 0.258 e. The van der Waals surface area contributed by atoms with Crippen molar-refractivity contribution in [2.24, 2.45) is 0 Å². The van der Waals surface area contributed by atoms with Gasteiger partial charge in [-0.15, -0.1) is 0 Å². The van der Waals surface area contributed by atoms with Gasteiger partial charge >= 0.3 is 0 Å². The van der Waals surface area contributed by atoms with Crippen molar-refractivity contribution in [3.05, 3.63) is 106 Å². The zero-order chi connectivity index (χ0) is 37.0. The molecule has 3 fully saturated rings. The first-order valence-electron chi connectivity index (χ1n) is 18.2. The molecule has 1 atom stereocenters. The topological polar surface area (TPSA) is 113 Å². The predicted molar refractivity (Wildman–Crippen MR) is 196 cm³/mol. The third kappa shape index (κ3) is 6.33. The van der Waals surface area contributed by atoms with Crippen LogP contribution in [0.1, 0.15) is 70.6 Å². The number of imide groups is 1. The van der Waals surface area contributed by atoms with Crippen LogP contribution in [-0.4, -0.2) is 66.2 Å². The molecule has 53 heavy (non-hydrogen) atoms. The highest BCUT2D eigenvalue weighted by molar-refractivity contribution is 6.05. The van der Waals surface area contributed by atoms with Gasteiger partial charge in [-0.05, 0) is 92.8 Å². The summed E-state index contributed by atoms with van der Waals surface area (Å²) in [4.78, 5) is 46.8. The molecule has 3 aromatic carbocycles. The molecule has 2 saturated heterocycles. The van der Waals surface area contributed by atoms with E-state index in [4.69, 9.17) is 15.8 Å². The van der Waals surface area contributed by atoms with E-state index in [9.17, 15) is 14.4 Å². The number of fused-ring (bicyclic) bond motifs is 1. The first-order valence-corrected chi connectivity index (χ1v) is 18.2. The number of nitrogens with zero attached hydrogens (tertiary/aromatic N) is 5. The highest BCUT2D eigenvalue weighted by Crippen LogP contribution is 2.50. The lowest BCUT2D eigenvalue weighted by molar-refractivity contribution is -0.136. The van der Waals surface area contributed by atoms with Crippen molar-refractivity contribution < 1.29 is 28.0 Å². The summed E-state index contributed by atoms with van der Waals surface area (Å²) in [6, 6.07) is 17.0. The second-order valence-corrected chi connectivity index (χ2v) is 14.7. The van der Waals surface area contributed by atoms with Gasteiger partial charge in [0.15, 0.2) is 0 Å². The molecule has 3 amide bonds. The minimum Gasteiger partial charge on any atom is -0.374 e. The number of ether oxygens (including phenoxy) is 1. The van der Waals surface area contributed by atoms with E-state index in [1.54, 1.807) is 6.07 Å². The number of hydrogen-bond acceptors (Lipinski definition) is 8. The van der Waals surface area contributed by atoms with E-state index >= 15 is 4.39 Å². The van der Waals surface area contributed by atoms with Crippen molar-refractivity contribution in [3.8, 4) is 11.1 Å². The molecule has 1 aromatic heterocycles. The average molecular weight is 717 g/mol. The summed E-state index contributed by atoms with van der Waals surface area (Å²) in [5, 5.41) is 6.47. The molecule has 0 spiro atoms. The quantitative estimate of drug-likeness (QED) is 0.106. The van der Waals surface area contributed by atoms with Crippen molar-refractivity contribution in [2.75, 3.05) is 36.0 Å². The maximum absolute atomic E-state index is 15.3. The Bertz CT molecular complexity index is 2140. The number of carbonyl (C=O) groups is 3. The van der Waals surface area contributed by atoms with Crippen LogP contribution in [0.25, 0.3) is 16.0 Å². The van der Waals surface area contributed by atoms with Crippen LogP contribution in [0.4, 0.5) is 21.5 Å². The fourth-order valence-corrected chi connectivity index (χ4v) is 7.90. The summed E-state index contributed by atoms with van der Waals surface area (Å²) in [5.74, 6) is -0.810. The summed E-state index contributed by atoms with van der Waals surface area (Å²) in [7, 11) is 0. The van der Waals surface area contributed by atoms with E-state index in [0.29, 0.717) is 43.1 Å². The second-order valence-electron chi connectivity index (χ2n) is 14.7. The summed E-state index contributed by atoms with van der Waals surface area (Å²) >= 11 is 0. The van der Waals surface area contributed by atoms with Crippen molar-refractivity contribution in [1.82, 2.24) is 15.4 Å². The van der Waals surface area contributed by atoms with E-state index in [1.807, 2.05) is 18.7 Å². The van der Waals surface area contributed by atoms with Crippen molar-refractivity contribution in [2.45, 2.75) is 77.1 Å². The summed E-state index contributed by atoms with van der Waals surface area (Å²) in [6.07, 6.45) is 2.86. The van der Waals surface area contributed by atoms with Crippen LogP contribution < -0.4 is 15.1 Å². The molecule has 11 nitrogen and oxygen atoms in total. The van der Waals surface area contributed by atoms with E-state index in [-0.39, 0.29) is 42.8 Å². The lowest BCUT2D eigenvalue weighted by Crippen LogP contribution is -2.53. The first kappa shape index (κ1) is 34.5. The number of anilines is 3. The number of hydrogen-bond donors (Lipinski definition) is 1. The third-order valence-corrected chi connectivity index (χ3v) is 11.1. The minimum atomic E-state index is -0.745. The van der Waals surface area contributed by atoms with E-state index in [2.05, 4.69) is 69.6 Å². The number of amides is 3. The molecule has 4 aromatic rings. The Morgan fingerprint density at radius 1 is 1.08 bits per heavy atom. The fraction of sp³-hybridized carbons (Fsp3) is 0.390. The number of nitrogens with one attached hydrogen (secondary N) is 1. The molecule has 0 radical (unpaired) electrons. The standard InChI is InChI=1S/C41H41FN6O5/c1-24-6-7-27(38-25(2)45-53-26(38)3)19-35(24)47(30-10-8-29(9-11-30)41(43-4)14-15-41)16-5-17-52-31-22-46(23-31)36-20-32-28(18-33(36)42)21-48(40(32)51)34-12-13-37(49)44-39(34)50/h6-11,18-20,31,34H,5,12-17,21-23H2,1-3H3,(H,44,49,50). The number of benzene rings is 3. The molecule has 8 rings (SSSR count). The monoisotopic (exact) mass is 716 g/mol. The summed E-state index contributed by atoms with van der Waals surface area (Å²) < 4.78 is 27.1. The van der Waals surface area contributed by atoms with Crippen LogP contribution in [0.5, 0.6) is 0 Å². The van der Waals surface area contributed by atoms with Gasteiger partial charge in [0.2, 0.25) is 11.8 Å². The average Bonchev–Trinajstić information content (AvgIpc) is 3.78. The van der Waals surface area contributed by atoms with E-state index in [1.165, 1.54) is 11.0 Å². The largest absolute Gasteiger partial charge is 0.374 e. The number of aromatic nitrogens is 1. The third-order valence-electron chi connectivity index (χ3n) is 11.1. The van der Waals surface area contributed by atoms with Crippen molar-refractivity contribution in [3.63, 3.8) is 0 Å². The van der Waals surface area contributed by atoms with E-state index in [0.717, 1.165) is 64.3 Å². The lowest BCUT2D eigenvalue weighted by Gasteiger charge is -2.41. The SMILES string of the molecule is [C-]#[N+]C1(c2ccc(N(CCCOC3CN(c4cc5c(cc4F)CN(C4CCC(=O)NC4=O)C5=O)C3)c3cc(-c4c(C)noc4C)ccc3C)cc2)CC1. The van der Waals surface area contributed by atoms with Gasteiger partial charge in [0.25, 0.3) is 11.4 Å². The van der Waals surface area contributed by atoms with E-state index < -0.39 is 17.8 Å². The zero-order valence-electron chi connectivity index (χ0n) is 30.1. The molecule has 4 aliphatic rings. The maximum Gasteiger partial charge on any atom is 0.258 e. The molecule has 1 saturated carbocycles. The molecular formula is C41H41FN6O5. The van der Waals surface area contributed by atoms with Crippen LogP contribution in [0.3, 0.4) is 0 Å². The van der Waals surface area contributed by atoms with Crippen LogP contribution in [0, 0.1) is 33.2 Å². The normalized spacial score (nSPS) is 19.2. The zero-order valence-corrected chi connectivity index (χ0v) is 30.1. The molecule has 12 heteroatoms. The minimum absolute atomic E-state index is 0.0842. The number of carbonyl (C=O) groups excluding carboxylic acids is 3. The first-order chi connectivity index (χ1) is 25.5. The number of aryl methyl sites for hydroxylation is 3. The van der Waals surface area contributed by atoms with Crippen molar-refractivity contribution >= 4 is 34.8 Å². The Labute approximate surface area is 307 Å². The van der Waals surface area contributed by atoms with Gasteiger partial charge in [-0.3, -0.25) is 19.7 Å². The molecule has 1 N–H and O–H groups in total. The maximum atomic E-state index is 15.3. The Balaban J connectivity index is 0.924. The fourth-order valence-electron chi connectivity index (χ4n) is 7.90. The van der Waals surface area contributed by atoms with Gasteiger partial charge in [-0.2, -0.15) is 0 Å². The van der Waals surface area contributed by atoms with Gasteiger partial charge in [0, 0.05) is 80.1 Å². The Hall–Kier alpha value is -5.54. The highest BCUT2D eigenvalue weighted by Gasteiger charge is 2.52. The molecule has 1 aliphatic carbocycles. The van der Waals surface area contributed by atoms with Gasteiger partial charge in [-0.1, -0.05) is 17.3 Å². The Morgan fingerprint density at radius 3 is 2.53 bits per heavy atom. The van der Waals surface area contributed by atoms with Crippen LogP contribution in [0.2, 0.25) is 0 Å². The summed E-state index contributed by atoms with van der Waals surface area (Å²) in [5.41, 5.74) is 8.03. The number of piperidine rings is 1. The molecule has 272 valence electrons. The molecule has 3 aliphatic heterocycles. The Kier molecular flexibility index (Phi) is 8.77. The number of halogens is 1. The van der Waals surface area contributed by atoms with Crippen LogP contribution >= 0.6 is 0 Å². The van der Waals surface area contributed by atoms with Crippen molar-refractivity contribution in [1.29, 1.82) is 0 Å². The predicted octanol–water partition coefficient (Wildman–Crippen LogP) is 6.51. The van der Waals surface area contributed by atoms with Crippen LogP contribution in [-0.2, 0) is 26.4 Å². The summed E-state index contributed by atoms with van der Waals surface area (Å²) in [6.45, 7) is 16.0. The van der Waals surface area contributed by atoms with Crippen LogP contribution in [0.15, 0.2) is 59.1 Å². The molecule has 0 bridgehead atoms.